The highest BCUT2D eigenvalue weighted by Crippen LogP contribution is 2.19. The summed E-state index contributed by atoms with van der Waals surface area (Å²) in [7, 11) is 0. The third kappa shape index (κ3) is 4.83. The van der Waals surface area contributed by atoms with Crippen molar-refractivity contribution in [3.8, 4) is 0 Å². The van der Waals surface area contributed by atoms with Crippen LogP contribution in [0.2, 0.25) is 5.02 Å². The maximum Gasteiger partial charge on any atom is 0.313 e. The number of carbonyl (C=O) groups is 2. The van der Waals surface area contributed by atoms with Gasteiger partial charge in [0.15, 0.2) is 0 Å². The summed E-state index contributed by atoms with van der Waals surface area (Å²) in [4.78, 5) is 23.4. The Morgan fingerprint density at radius 2 is 2.05 bits per heavy atom. The van der Waals surface area contributed by atoms with Crippen molar-refractivity contribution in [2.24, 2.45) is 0 Å². The highest BCUT2D eigenvalue weighted by Gasteiger charge is 2.17. The second-order valence-electron chi connectivity index (χ2n) is 4.51. The van der Waals surface area contributed by atoms with Gasteiger partial charge in [0.1, 0.15) is 0 Å². The first-order valence-electron chi connectivity index (χ1n) is 6.46. The summed E-state index contributed by atoms with van der Waals surface area (Å²) in [5.41, 5.74) is 1.36. The van der Waals surface area contributed by atoms with Crippen LogP contribution in [0.1, 0.15) is 25.3 Å². The Bertz CT molecular complexity index is 491. The number of benzene rings is 1. The number of aryl methyl sites for hydroxylation is 1. The van der Waals surface area contributed by atoms with Crippen molar-refractivity contribution < 1.29 is 14.7 Å². The standard InChI is InChI=1S/C14H19ClN2O3/c1-3-10(6-7-18)16-13(19)14(20)17-11-5-4-9(2)12(15)8-11/h4-5,8,10,18H,3,6-7H2,1-2H3,(H,16,19)(H,17,20). The summed E-state index contributed by atoms with van der Waals surface area (Å²) in [5.74, 6) is -1.47. The van der Waals surface area contributed by atoms with Crippen molar-refractivity contribution >= 4 is 29.1 Å². The average Bonchev–Trinajstić information content (AvgIpc) is 2.42. The van der Waals surface area contributed by atoms with Gasteiger partial charge in [0.25, 0.3) is 0 Å². The second kappa shape index (κ2) is 7.87. The SMILES string of the molecule is CCC(CCO)NC(=O)C(=O)Nc1ccc(C)c(Cl)c1. The minimum absolute atomic E-state index is 0.0338. The lowest BCUT2D eigenvalue weighted by Gasteiger charge is -2.15. The minimum atomic E-state index is -0.749. The fourth-order valence-electron chi connectivity index (χ4n) is 1.64. The smallest absolute Gasteiger partial charge is 0.313 e. The van der Waals surface area contributed by atoms with Crippen LogP contribution in [0, 0.1) is 6.92 Å². The molecule has 0 saturated carbocycles. The van der Waals surface area contributed by atoms with Gasteiger partial charge >= 0.3 is 11.8 Å². The lowest BCUT2D eigenvalue weighted by atomic mass is 10.1. The molecule has 0 fully saturated rings. The number of nitrogens with one attached hydrogen (secondary N) is 2. The molecule has 0 heterocycles. The average molecular weight is 299 g/mol. The highest BCUT2D eigenvalue weighted by molar-refractivity contribution is 6.40. The molecule has 2 amide bonds. The van der Waals surface area contributed by atoms with Gasteiger partial charge in [0.2, 0.25) is 0 Å². The van der Waals surface area contributed by atoms with Crippen LogP contribution in [-0.4, -0.2) is 29.6 Å². The van der Waals surface area contributed by atoms with E-state index >= 15 is 0 Å². The Morgan fingerprint density at radius 1 is 1.35 bits per heavy atom. The second-order valence-corrected chi connectivity index (χ2v) is 4.92. The first-order valence-corrected chi connectivity index (χ1v) is 6.84. The van der Waals surface area contributed by atoms with E-state index in [-0.39, 0.29) is 12.6 Å². The van der Waals surface area contributed by atoms with Gasteiger partial charge in [0, 0.05) is 23.4 Å². The number of hydrogen-bond donors (Lipinski definition) is 3. The Hall–Kier alpha value is -1.59. The molecule has 0 radical (unpaired) electrons. The normalized spacial score (nSPS) is 11.8. The number of rotatable bonds is 5. The van der Waals surface area contributed by atoms with Crippen molar-refractivity contribution in [1.82, 2.24) is 5.32 Å². The molecule has 0 saturated heterocycles. The summed E-state index contributed by atoms with van der Waals surface area (Å²) in [6.07, 6.45) is 1.07. The van der Waals surface area contributed by atoms with E-state index in [0.29, 0.717) is 23.6 Å². The number of hydrogen-bond acceptors (Lipinski definition) is 3. The maximum absolute atomic E-state index is 11.7. The van der Waals surface area contributed by atoms with E-state index < -0.39 is 11.8 Å². The summed E-state index contributed by atoms with van der Waals surface area (Å²) in [6, 6.07) is 4.82. The van der Waals surface area contributed by atoms with E-state index in [4.69, 9.17) is 16.7 Å². The number of anilines is 1. The fourth-order valence-corrected chi connectivity index (χ4v) is 1.82. The summed E-state index contributed by atoms with van der Waals surface area (Å²) in [6.45, 7) is 3.69. The van der Waals surface area contributed by atoms with Crippen LogP contribution >= 0.6 is 11.6 Å². The Morgan fingerprint density at radius 3 is 2.60 bits per heavy atom. The predicted molar refractivity (Wildman–Crippen MR) is 78.7 cm³/mol. The van der Waals surface area contributed by atoms with Gasteiger partial charge in [-0.3, -0.25) is 9.59 Å². The first kappa shape index (κ1) is 16.5. The molecular formula is C14H19ClN2O3. The number of amides is 2. The van der Waals surface area contributed by atoms with E-state index in [0.717, 1.165) is 5.56 Å². The zero-order valence-electron chi connectivity index (χ0n) is 11.6. The molecule has 0 aliphatic rings. The van der Waals surface area contributed by atoms with Crippen LogP contribution < -0.4 is 10.6 Å². The highest BCUT2D eigenvalue weighted by atomic mass is 35.5. The number of aliphatic hydroxyl groups is 1. The zero-order valence-corrected chi connectivity index (χ0v) is 12.3. The van der Waals surface area contributed by atoms with Crippen molar-refractivity contribution in [2.45, 2.75) is 32.7 Å². The molecule has 1 unspecified atom stereocenters. The molecule has 0 bridgehead atoms. The molecule has 110 valence electrons. The number of aliphatic hydroxyl groups excluding tert-OH is 1. The molecule has 1 rings (SSSR count). The van der Waals surface area contributed by atoms with Crippen molar-refractivity contribution in [3.63, 3.8) is 0 Å². The van der Waals surface area contributed by atoms with Crippen LogP contribution in [0.3, 0.4) is 0 Å². The van der Waals surface area contributed by atoms with Crippen molar-refractivity contribution in [3.05, 3.63) is 28.8 Å². The van der Waals surface area contributed by atoms with E-state index in [1.165, 1.54) is 0 Å². The van der Waals surface area contributed by atoms with Gasteiger partial charge in [-0.25, -0.2) is 0 Å². The minimum Gasteiger partial charge on any atom is -0.396 e. The van der Waals surface area contributed by atoms with Gasteiger partial charge in [-0.15, -0.1) is 0 Å². The largest absolute Gasteiger partial charge is 0.396 e. The summed E-state index contributed by atoms with van der Waals surface area (Å²) < 4.78 is 0. The fraction of sp³-hybridized carbons (Fsp3) is 0.429. The summed E-state index contributed by atoms with van der Waals surface area (Å²) >= 11 is 5.95. The molecule has 0 aromatic heterocycles. The molecule has 1 aromatic carbocycles. The number of halogens is 1. The van der Waals surface area contributed by atoms with E-state index in [2.05, 4.69) is 10.6 Å². The third-order valence-corrected chi connectivity index (χ3v) is 3.35. The molecule has 6 heteroatoms. The Balaban J connectivity index is 2.61. The molecule has 0 aliphatic carbocycles. The van der Waals surface area contributed by atoms with Gasteiger partial charge in [-0.2, -0.15) is 0 Å². The monoisotopic (exact) mass is 298 g/mol. The topological polar surface area (TPSA) is 78.4 Å². The van der Waals surface area contributed by atoms with Gasteiger partial charge in [-0.1, -0.05) is 24.6 Å². The maximum atomic E-state index is 11.7. The molecule has 5 nitrogen and oxygen atoms in total. The van der Waals surface area contributed by atoms with E-state index in [9.17, 15) is 9.59 Å². The molecule has 20 heavy (non-hydrogen) atoms. The van der Waals surface area contributed by atoms with Crippen LogP contribution in [0.15, 0.2) is 18.2 Å². The van der Waals surface area contributed by atoms with Gasteiger partial charge < -0.3 is 15.7 Å². The first-order chi connectivity index (χ1) is 9.47. The van der Waals surface area contributed by atoms with Gasteiger partial charge in [0.05, 0.1) is 0 Å². The van der Waals surface area contributed by atoms with Crippen LogP contribution in [0.4, 0.5) is 5.69 Å². The van der Waals surface area contributed by atoms with Crippen LogP contribution in [-0.2, 0) is 9.59 Å². The lowest BCUT2D eigenvalue weighted by Crippen LogP contribution is -2.42. The molecule has 1 aromatic rings. The predicted octanol–water partition coefficient (Wildman–Crippen LogP) is 1.86. The van der Waals surface area contributed by atoms with E-state index in [1.54, 1.807) is 18.2 Å². The molecular weight excluding hydrogens is 280 g/mol. The van der Waals surface area contributed by atoms with Crippen molar-refractivity contribution in [1.29, 1.82) is 0 Å². The molecule has 1 atom stereocenters. The van der Waals surface area contributed by atoms with Gasteiger partial charge in [-0.05, 0) is 37.5 Å². The molecule has 0 aliphatic heterocycles. The zero-order chi connectivity index (χ0) is 15.1. The van der Waals surface area contributed by atoms with Crippen LogP contribution in [0.5, 0.6) is 0 Å². The number of carbonyl (C=O) groups excluding carboxylic acids is 2. The summed E-state index contributed by atoms with van der Waals surface area (Å²) in [5, 5.41) is 14.4. The Labute approximate surface area is 123 Å². The van der Waals surface area contributed by atoms with E-state index in [1.807, 2.05) is 13.8 Å². The third-order valence-electron chi connectivity index (χ3n) is 2.94. The lowest BCUT2D eigenvalue weighted by molar-refractivity contribution is -0.136. The van der Waals surface area contributed by atoms with Crippen LogP contribution in [0.25, 0.3) is 0 Å². The molecule has 3 N–H and O–H groups in total. The van der Waals surface area contributed by atoms with Crippen molar-refractivity contribution in [2.75, 3.05) is 11.9 Å². The Kier molecular flexibility index (Phi) is 6.48. The quantitative estimate of drug-likeness (QED) is 0.726. The molecule has 0 spiro atoms.